The average Bonchev–Trinajstić information content (AvgIpc) is 2.35. The maximum Gasteiger partial charge on any atom is 0.423 e. The van der Waals surface area contributed by atoms with Gasteiger partial charge in [-0.05, 0) is 13.0 Å². The van der Waals surface area contributed by atoms with Crippen LogP contribution in [0, 0.1) is 10.1 Å². The van der Waals surface area contributed by atoms with Gasteiger partial charge in [0, 0.05) is 6.07 Å². The molecule has 122 valence electrons. The molecular formula is C11H7F6NO4. The van der Waals surface area contributed by atoms with E-state index in [0.29, 0.717) is 0 Å². The number of nitrogens with zero attached hydrogens (tertiary/aromatic N) is 1. The molecular weight excluding hydrogens is 324 g/mol. The molecule has 0 N–H and O–H groups in total. The lowest BCUT2D eigenvalue weighted by Gasteiger charge is -2.15. The third-order valence-electron chi connectivity index (χ3n) is 2.44. The molecule has 0 spiro atoms. The van der Waals surface area contributed by atoms with Gasteiger partial charge in [0.25, 0.3) is 5.69 Å². The predicted octanol–water partition coefficient (Wildman–Crippen LogP) is 3.81. The highest BCUT2D eigenvalue weighted by atomic mass is 19.4. The standard InChI is InChI=1S/C11H7F6NO4/c1-2-22-9(19)5-3-8(18(20)21)7(11(15,16)17)4-6(5)10(12,13)14/h3-4H,2H2,1H3. The van der Waals surface area contributed by atoms with Crippen LogP contribution in [0.1, 0.15) is 28.4 Å². The van der Waals surface area contributed by atoms with E-state index in [4.69, 9.17) is 0 Å². The van der Waals surface area contributed by atoms with E-state index in [1.165, 1.54) is 6.92 Å². The van der Waals surface area contributed by atoms with Crippen LogP contribution >= 0.6 is 0 Å². The number of hydrogen-bond donors (Lipinski definition) is 0. The summed E-state index contributed by atoms with van der Waals surface area (Å²) < 4.78 is 80.7. The lowest BCUT2D eigenvalue weighted by Crippen LogP contribution is -2.19. The molecule has 0 heterocycles. The number of halogens is 6. The van der Waals surface area contributed by atoms with Crippen molar-refractivity contribution in [2.24, 2.45) is 0 Å². The van der Waals surface area contributed by atoms with E-state index < -0.39 is 51.7 Å². The van der Waals surface area contributed by atoms with Gasteiger partial charge in [-0.25, -0.2) is 4.79 Å². The first-order chi connectivity index (χ1) is 9.89. The van der Waals surface area contributed by atoms with Crippen LogP contribution in [0.5, 0.6) is 0 Å². The highest BCUT2D eigenvalue weighted by molar-refractivity contribution is 5.92. The second-order valence-electron chi connectivity index (χ2n) is 3.89. The predicted molar refractivity (Wildman–Crippen MR) is 59.1 cm³/mol. The van der Waals surface area contributed by atoms with Gasteiger partial charge >= 0.3 is 18.3 Å². The third-order valence-corrected chi connectivity index (χ3v) is 2.44. The largest absolute Gasteiger partial charge is 0.462 e. The summed E-state index contributed by atoms with van der Waals surface area (Å²) in [5.74, 6) is -1.60. The van der Waals surface area contributed by atoms with Gasteiger partial charge in [-0.1, -0.05) is 0 Å². The number of carbonyl (C=O) groups excluding carboxylic acids is 1. The molecule has 0 aliphatic heterocycles. The first-order valence-electron chi connectivity index (χ1n) is 5.53. The summed E-state index contributed by atoms with van der Waals surface area (Å²) >= 11 is 0. The number of alkyl halides is 6. The molecule has 0 aliphatic rings. The zero-order valence-electron chi connectivity index (χ0n) is 10.7. The Kier molecular flexibility index (Phi) is 4.68. The average molecular weight is 331 g/mol. The molecule has 0 aliphatic carbocycles. The van der Waals surface area contributed by atoms with Crippen molar-refractivity contribution < 1.29 is 40.8 Å². The molecule has 1 rings (SSSR count). The van der Waals surface area contributed by atoms with Crippen LogP contribution in [0.4, 0.5) is 32.0 Å². The van der Waals surface area contributed by atoms with Crippen LogP contribution in [-0.2, 0) is 17.1 Å². The van der Waals surface area contributed by atoms with Crippen molar-refractivity contribution >= 4 is 11.7 Å². The quantitative estimate of drug-likeness (QED) is 0.365. The monoisotopic (exact) mass is 331 g/mol. The lowest BCUT2D eigenvalue weighted by molar-refractivity contribution is -0.388. The minimum Gasteiger partial charge on any atom is -0.462 e. The second kappa shape index (κ2) is 5.81. The van der Waals surface area contributed by atoms with Gasteiger partial charge < -0.3 is 4.74 Å². The van der Waals surface area contributed by atoms with Crippen molar-refractivity contribution in [1.82, 2.24) is 0 Å². The highest BCUT2D eigenvalue weighted by Crippen LogP contribution is 2.42. The minimum atomic E-state index is -5.39. The Morgan fingerprint density at radius 1 is 1.14 bits per heavy atom. The van der Waals surface area contributed by atoms with E-state index in [2.05, 4.69) is 4.74 Å². The SMILES string of the molecule is CCOC(=O)c1cc([N+](=O)[O-])c(C(F)(F)F)cc1C(F)(F)F. The maximum atomic E-state index is 12.8. The molecule has 5 nitrogen and oxygen atoms in total. The minimum absolute atomic E-state index is 0.0797. The molecule has 0 bridgehead atoms. The number of carbonyl (C=O) groups is 1. The Morgan fingerprint density at radius 2 is 1.64 bits per heavy atom. The number of benzene rings is 1. The first kappa shape index (κ1) is 17.7. The van der Waals surface area contributed by atoms with Gasteiger partial charge in [-0.3, -0.25) is 10.1 Å². The second-order valence-corrected chi connectivity index (χ2v) is 3.89. The fraction of sp³-hybridized carbons (Fsp3) is 0.364. The smallest absolute Gasteiger partial charge is 0.423 e. The fourth-order valence-corrected chi connectivity index (χ4v) is 1.58. The zero-order chi connectivity index (χ0) is 17.3. The fourth-order valence-electron chi connectivity index (χ4n) is 1.58. The van der Waals surface area contributed by atoms with Crippen LogP contribution in [0.3, 0.4) is 0 Å². The van der Waals surface area contributed by atoms with Crippen molar-refractivity contribution in [3.8, 4) is 0 Å². The van der Waals surface area contributed by atoms with Crippen molar-refractivity contribution in [2.45, 2.75) is 19.3 Å². The van der Waals surface area contributed by atoms with Crippen molar-refractivity contribution in [2.75, 3.05) is 6.61 Å². The molecule has 0 radical (unpaired) electrons. The number of nitro benzene ring substituents is 1. The van der Waals surface area contributed by atoms with Gasteiger partial charge in [0.2, 0.25) is 0 Å². The maximum absolute atomic E-state index is 12.8. The van der Waals surface area contributed by atoms with Gasteiger partial charge in [0.05, 0.1) is 22.7 Å². The van der Waals surface area contributed by atoms with Crippen LogP contribution in [-0.4, -0.2) is 17.5 Å². The topological polar surface area (TPSA) is 69.4 Å². The Bertz CT molecular complexity index is 608. The molecule has 1 aromatic carbocycles. The number of esters is 1. The van der Waals surface area contributed by atoms with E-state index >= 15 is 0 Å². The van der Waals surface area contributed by atoms with Gasteiger partial charge in [-0.2, -0.15) is 26.3 Å². The van der Waals surface area contributed by atoms with Gasteiger partial charge in [0.1, 0.15) is 5.56 Å². The van der Waals surface area contributed by atoms with Crippen molar-refractivity contribution in [3.05, 3.63) is 38.9 Å². The van der Waals surface area contributed by atoms with Crippen LogP contribution in [0.25, 0.3) is 0 Å². The number of nitro groups is 1. The van der Waals surface area contributed by atoms with Crippen LogP contribution in [0.2, 0.25) is 0 Å². The molecule has 0 fully saturated rings. The molecule has 0 aromatic heterocycles. The summed E-state index contributed by atoms with van der Waals surface area (Å²) in [6, 6.07) is -0.548. The molecule has 1 aromatic rings. The summed E-state index contributed by atoms with van der Waals surface area (Å²) in [7, 11) is 0. The van der Waals surface area contributed by atoms with Crippen molar-refractivity contribution in [3.63, 3.8) is 0 Å². The number of hydrogen-bond acceptors (Lipinski definition) is 4. The number of rotatable bonds is 3. The van der Waals surface area contributed by atoms with E-state index in [9.17, 15) is 41.3 Å². The van der Waals surface area contributed by atoms with Crippen LogP contribution < -0.4 is 0 Å². The van der Waals surface area contributed by atoms with E-state index in [1.807, 2.05) is 0 Å². The zero-order valence-corrected chi connectivity index (χ0v) is 10.7. The van der Waals surface area contributed by atoms with Gasteiger partial charge in [-0.15, -0.1) is 0 Å². The van der Waals surface area contributed by atoms with E-state index in [-0.39, 0.29) is 12.7 Å². The normalized spacial score (nSPS) is 12.1. The van der Waals surface area contributed by atoms with Crippen molar-refractivity contribution in [1.29, 1.82) is 0 Å². The molecule has 0 saturated carbocycles. The Balaban J connectivity index is 3.74. The van der Waals surface area contributed by atoms with Crippen LogP contribution in [0.15, 0.2) is 12.1 Å². The Hall–Kier alpha value is -2.33. The molecule has 0 amide bonds. The highest BCUT2D eigenvalue weighted by Gasteiger charge is 2.44. The molecule has 22 heavy (non-hydrogen) atoms. The summed E-state index contributed by atoms with van der Waals surface area (Å²) in [5, 5.41) is 10.6. The Morgan fingerprint density at radius 3 is 2.00 bits per heavy atom. The number of ether oxygens (including phenoxy) is 1. The van der Waals surface area contributed by atoms with E-state index in [0.717, 1.165) is 0 Å². The summed E-state index contributed by atoms with van der Waals surface area (Å²) in [6.07, 6.45) is -10.7. The van der Waals surface area contributed by atoms with Gasteiger partial charge in [0.15, 0.2) is 0 Å². The Labute approximate surface area is 118 Å². The molecule has 0 saturated heterocycles. The molecule has 0 atom stereocenters. The molecule has 11 heteroatoms. The summed E-state index contributed by atoms with van der Waals surface area (Å²) in [5.41, 5.74) is -7.07. The molecule has 0 unspecified atom stereocenters. The lowest BCUT2D eigenvalue weighted by atomic mass is 10.0. The third kappa shape index (κ3) is 3.65. The van der Waals surface area contributed by atoms with E-state index in [1.54, 1.807) is 0 Å². The summed E-state index contributed by atoms with van der Waals surface area (Å²) in [4.78, 5) is 20.5. The summed E-state index contributed by atoms with van der Waals surface area (Å²) in [6.45, 7) is 0.897. The first-order valence-corrected chi connectivity index (χ1v) is 5.53.